The molecule has 5 nitrogen and oxygen atoms in total. The van der Waals surface area contributed by atoms with Gasteiger partial charge in [0.1, 0.15) is 6.54 Å². The Morgan fingerprint density at radius 3 is 3.12 bits per heavy atom. The second-order valence-electron chi connectivity index (χ2n) is 3.99. The summed E-state index contributed by atoms with van der Waals surface area (Å²) in [6.07, 6.45) is 0.758. The third-order valence-corrected chi connectivity index (χ3v) is 3.07. The maximum atomic E-state index is 8.89. The summed E-state index contributed by atoms with van der Waals surface area (Å²) in [7, 11) is 0. The summed E-state index contributed by atoms with van der Waals surface area (Å²) >= 11 is 0. The van der Waals surface area contributed by atoms with Crippen molar-refractivity contribution in [2.75, 3.05) is 18.1 Å². The first-order valence-corrected chi connectivity index (χ1v) is 5.12. The molecule has 0 saturated carbocycles. The number of benzene rings is 1. The van der Waals surface area contributed by atoms with Crippen molar-refractivity contribution in [3.63, 3.8) is 0 Å². The average molecular weight is 214 g/mol. The van der Waals surface area contributed by atoms with E-state index in [4.69, 9.17) is 10.1 Å². The van der Waals surface area contributed by atoms with E-state index in [-0.39, 0.29) is 0 Å². The summed E-state index contributed by atoms with van der Waals surface area (Å²) in [5.41, 5.74) is 1.77. The molecule has 0 saturated heterocycles. The van der Waals surface area contributed by atoms with E-state index in [1.165, 1.54) is 5.56 Å². The standard InChI is InChI=1S/C11H10N4O/c12-5-6-15-10-4-2-1-3-9(10)7-11(15)8-16-14-13-11/h1-4H,6-8H2. The highest BCUT2D eigenvalue weighted by Gasteiger charge is 2.47. The lowest BCUT2D eigenvalue weighted by atomic mass is 10.1. The minimum atomic E-state index is -0.487. The zero-order valence-electron chi connectivity index (χ0n) is 8.63. The van der Waals surface area contributed by atoms with E-state index < -0.39 is 5.66 Å². The minimum absolute atomic E-state index is 0.305. The molecule has 5 heteroatoms. The predicted octanol–water partition coefficient (Wildman–Crippen LogP) is 1.67. The monoisotopic (exact) mass is 214 g/mol. The lowest BCUT2D eigenvalue weighted by Crippen LogP contribution is -2.46. The lowest BCUT2D eigenvalue weighted by molar-refractivity contribution is 0.145. The van der Waals surface area contributed by atoms with Crippen LogP contribution in [0.5, 0.6) is 0 Å². The van der Waals surface area contributed by atoms with Gasteiger partial charge in [0, 0.05) is 17.4 Å². The predicted molar refractivity (Wildman–Crippen MR) is 56.6 cm³/mol. The molecule has 1 unspecified atom stereocenters. The maximum absolute atomic E-state index is 8.89. The SMILES string of the molecule is N#CCN1c2ccccc2CC12CON=N2. The van der Waals surface area contributed by atoms with Gasteiger partial charge in [-0.25, -0.2) is 0 Å². The van der Waals surface area contributed by atoms with Crippen LogP contribution in [0.15, 0.2) is 34.7 Å². The molecule has 0 aromatic heterocycles. The molecule has 1 aromatic carbocycles. The Hall–Kier alpha value is -2.09. The molecule has 2 aliphatic rings. The van der Waals surface area contributed by atoms with Gasteiger partial charge in [-0.3, -0.25) is 0 Å². The first-order valence-electron chi connectivity index (χ1n) is 5.12. The number of hydrogen-bond donors (Lipinski definition) is 0. The summed E-state index contributed by atoms with van der Waals surface area (Å²) in [6, 6.07) is 10.2. The number of fused-ring (bicyclic) bond motifs is 1. The van der Waals surface area contributed by atoms with E-state index >= 15 is 0 Å². The Morgan fingerprint density at radius 2 is 2.38 bits per heavy atom. The molecule has 3 rings (SSSR count). The van der Waals surface area contributed by atoms with Crippen LogP contribution in [0.25, 0.3) is 0 Å². The van der Waals surface area contributed by atoms with Crippen molar-refractivity contribution in [2.45, 2.75) is 12.1 Å². The van der Waals surface area contributed by atoms with Crippen LogP contribution in [0.1, 0.15) is 5.56 Å². The van der Waals surface area contributed by atoms with Crippen LogP contribution in [0.2, 0.25) is 0 Å². The number of para-hydroxylation sites is 1. The highest BCUT2D eigenvalue weighted by Crippen LogP contribution is 2.41. The Morgan fingerprint density at radius 1 is 1.50 bits per heavy atom. The molecule has 0 bridgehead atoms. The van der Waals surface area contributed by atoms with Gasteiger partial charge < -0.3 is 9.74 Å². The van der Waals surface area contributed by atoms with Crippen molar-refractivity contribution in [1.29, 1.82) is 5.26 Å². The maximum Gasteiger partial charge on any atom is 0.198 e. The van der Waals surface area contributed by atoms with Gasteiger partial charge in [0.25, 0.3) is 0 Å². The number of nitrogens with zero attached hydrogens (tertiary/aromatic N) is 4. The zero-order chi connectivity index (χ0) is 11.0. The number of nitriles is 1. The molecule has 2 aliphatic heterocycles. The van der Waals surface area contributed by atoms with E-state index in [1.807, 2.05) is 23.1 Å². The normalized spacial score (nSPS) is 25.6. The summed E-state index contributed by atoms with van der Waals surface area (Å²) in [5.74, 6) is 0. The Balaban J connectivity index is 2.07. The molecule has 1 atom stereocenters. The molecule has 0 radical (unpaired) electrons. The van der Waals surface area contributed by atoms with Gasteiger partial charge in [0.05, 0.1) is 6.07 Å². The van der Waals surface area contributed by atoms with Crippen LogP contribution in [-0.4, -0.2) is 18.8 Å². The Bertz CT molecular complexity index is 493. The van der Waals surface area contributed by atoms with Crippen molar-refractivity contribution >= 4 is 5.69 Å². The van der Waals surface area contributed by atoms with Gasteiger partial charge >= 0.3 is 0 Å². The lowest BCUT2D eigenvalue weighted by Gasteiger charge is -2.28. The van der Waals surface area contributed by atoms with Crippen molar-refractivity contribution in [1.82, 2.24) is 0 Å². The second-order valence-corrected chi connectivity index (χ2v) is 3.99. The largest absolute Gasteiger partial charge is 0.375 e. The fraction of sp³-hybridized carbons (Fsp3) is 0.364. The van der Waals surface area contributed by atoms with Crippen LogP contribution in [0.4, 0.5) is 5.69 Å². The van der Waals surface area contributed by atoms with Crippen molar-refractivity contribution < 1.29 is 4.84 Å². The van der Waals surface area contributed by atoms with Crippen molar-refractivity contribution in [2.24, 2.45) is 10.4 Å². The molecule has 0 fully saturated rings. The highest BCUT2D eigenvalue weighted by atomic mass is 16.7. The molecule has 2 heterocycles. The molecule has 0 N–H and O–H groups in total. The zero-order valence-corrected chi connectivity index (χ0v) is 8.63. The molecule has 0 amide bonds. The summed E-state index contributed by atoms with van der Waals surface area (Å²) in [4.78, 5) is 6.97. The molecule has 0 aliphatic carbocycles. The fourth-order valence-electron chi connectivity index (χ4n) is 2.34. The van der Waals surface area contributed by atoms with Gasteiger partial charge in [-0.15, -0.1) is 5.11 Å². The van der Waals surface area contributed by atoms with Crippen LogP contribution in [0, 0.1) is 11.3 Å². The third-order valence-electron chi connectivity index (χ3n) is 3.07. The second kappa shape index (κ2) is 3.20. The van der Waals surface area contributed by atoms with Crippen LogP contribution < -0.4 is 4.90 Å². The summed E-state index contributed by atoms with van der Waals surface area (Å²) < 4.78 is 0. The van der Waals surface area contributed by atoms with Gasteiger partial charge in [-0.05, 0) is 11.6 Å². The van der Waals surface area contributed by atoms with Crippen LogP contribution >= 0.6 is 0 Å². The van der Waals surface area contributed by atoms with Crippen molar-refractivity contribution in [3.8, 4) is 6.07 Å². The molecular weight excluding hydrogens is 204 g/mol. The summed E-state index contributed by atoms with van der Waals surface area (Å²) in [6.45, 7) is 0.725. The molecular formula is C11H10N4O. The quantitative estimate of drug-likeness (QED) is 0.668. The summed E-state index contributed by atoms with van der Waals surface area (Å²) in [5, 5.41) is 16.7. The van der Waals surface area contributed by atoms with Gasteiger partial charge in [0.15, 0.2) is 12.3 Å². The average Bonchev–Trinajstić information content (AvgIpc) is 2.87. The first-order chi connectivity index (χ1) is 7.86. The molecule has 1 aromatic rings. The van der Waals surface area contributed by atoms with Gasteiger partial charge in [-0.2, -0.15) is 5.26 Å². The highest BCUT2D eigenvalue weighted by molar-refractivity contribution is 5.62. The van der Waals surface area contributed by atoms with Gasteiger partial charge in [0.2, 0.25) is 0 Å². The van der Waals surface area contributed by atoms with E-state index in [0.29, 0.717) is 13.2 Å². The Kier molecular flexibility index (Phi) is 1.83. The van der Waals surface area contributed by atoms with Crippen molar-refractivity contribution in [3.05, 3.63) is 29.8 Å². The number of anilines is 1. The Labute approximate surface area is 92.9 Å². The van der Waals surface area contributed by atoms with E-state index in [0.717, 1.165) is 12.1 Å². The molecule has 16 heavy (non-hydrogen) atoms. The fourth-order valence-corrected chi connectivity index (χ4v) is 2.34. The van der Waals surface area contributed by atoms with E-state index in [1.54, 1.807) is 0 Å². The molecule has 1 spiro atoms. The van der Waals surface area contributed by atoms with Crippen LogP contribution in [0.3, 0.4) is 0 Å². The number of rotatable bonds is 1. The molecule has 80 valence electrons. The third kappa shape index (κ3) is 1.10. The van der Waals surface area contributed by atoms with Gasteiger partial charge in [-0.1, -0.05) is 18.2 Å². The van der Waals surface area contributed by atoms with Crippen LogP contribution in [-0.2, 0) is 11.3 Å². The minimum Gasteiger partial charge on any atom is -0.375 e. The smallest absolute Gasteiger partial charge is 0.198 e. The van der Waals surface area contributed by atoms with E-state index in [9.17, 15) is 0 Å². The first kappa shape index (κ1) is 9.16. The topological polar surface area (TPSA) is 61.0 Å². The van der Waals surface area contributed by atoms with E-state index in [2.05, 4.69) is 22.5 Å². The number of hydrogen-bond acceptors (Lipinski definition) is 5.